The Balaban J connectivity index is 1.92. The summed E-state index contributed by atoms with van der Waals surface area (Å²) in [5, 5.41) is 4.10. The third-order valence-corrected chi connectivity index (χ3v) is 3.65. The van der Waals surface area contributed by atoms with E-state index < -0.39 is 0 Å². The van der Waals surface area contributed by atoms with Crippen LogP contribution in [0.4, 0.5) is 0 Å². The maximum Gasteiger partial charge on any atom is 0.232 e. The van der Waals surface area contributed by atoms with Gasteiger partial charge in [-0.15, -0.1) is 0 Å². The summed E-state index contributed by atoms with van der Waals surface area (Å²) in [6, 6.07) is 0. The first-order valence-corrected chi connectivity index (χ1v) is 7.24. The zero-order valence-electron chi connectivity index (χ0n) is 12.4. The monoisotopic (exact) mass is 266 g/mol. The molecule has 2 N–H and O–H groups in total. The van der Waals surface area contributed by atoms with E-state index in [4.69, 9.17) is 10.3 Å². The van der Waals surface area contributed by atoms with Crippen LogP contribution in [0.3, 0.4) is 0 Å². The first kappa shape index (κ1) is 14.5. The van der Waals surface area contributed by atoms with E-state index in [1.54, 1.807) is 0 Å². The van der Waals surface area contributed by atoms with Gasteiger partial charge in [0.2, 0.25) is 5.89 Å². The minimum Gasteiger partial charge on any atom is -0.339 e. The van der Waals surface area contributed by atoms with Crippen LogP contribution in [-0.4, -0.2) is 34.7 Å². The second kappa shape index (κ2) is 6.01. The average molecular weight is 266 g/mol. The van der Waals surface area contributed by atoms with Crippen molar-refractivity contribution in [3.05, 3.63) is 11.7 Å². The smallest absolute Gasteiger partial charge is 0.232 e. The molecular formula is C14H26N4O. The molecule has 0 aromatic carbocycles. The molecule has 108 valence electrons. The molecule has 2 heterocycles. The fourth-order valence-corrected chi connectivity index (χ4v) is 2.59. The quantitative estimate of drug-likeness (QED) is 0.902. The molecule has 2 rings (SSSR count). The standard InChI is InChI=1S/C14H26N4O/c1-14(2,3)13-16-12(17-19-13)10-18-8-4-5-11(9-18)6-7-15/h11H,4-10,15H2,1-3H3. The zero-order chi connectivity index (χ0) is 13.9. The van der Waals surface area contributed by atoms with Gasteiger partial charge in [-0.3, -0.25) is 4.90 Å². The van der Waals surface area contributed by atoms with Gasteiger partial charge in [0.1, 0.15) is 0 Å². The maximum atomic E-state index is 5.65. The summed E-state index contributed by atoms with van der Waals surface area (Å²) in [4.78, 5) is 6.92. The highest BCUT2D eigenvalue weighted by Gasteiger charge is 2.24. The number of piperidine rings is 1. The lowest BCUT2D eigenvalue weighted by Crippen LogP contribution is -2.36. The Hall–Kier alpha value is -0.940. The summed E-state index contributed by atoms with van der Waals surface area (Å²) in [7, 11) is 0. The fraction of sp³-hybridized carbons (Fsp3) is 0.857. The molecule has 1 aromatic rings. The van der Waals surface area contributed by atoms with Gasteiger partial charge in [-0.1, -0.05) is 25.9 Å². The number of hydrogen-bond donors (Lipinski definition) is 1. The van der Waals surface area contributed by atoms with Crippen LogP contribution < -0.4 is 5.73 Å². The summed E-state index contributed by atoms with van der Waals surface area (Å²) in [5.74, 6) is 2.25. The van der Waals surface area contributed by atoms with E-state index in [9.17, 15) is 0 Å². The molecule has 1 saturated heterocycles. The number of nitrogens with zero attached hydrogens (tertiary/aromatic N) is 3. The van der Waals surface area contributed by atoms with E-state index in [0.29, 0.717) is 0 Å². The van der Waals surface area contributed by atoms with Crippen molar-refractivity contribution in [2.75, 3.05) is 19.6 Å². The van der Waals surface area contributed by atoms with Gasteiger partial charge in [-0.05, 0) is 38.3 Å². The number of hydrogen-bond acceptors (Lipinski definition) is 5. The van der Waals surface area contributed by atoms with Crippen LogP contribution in [0.5, 0.6) is 0 Å². The van der Waals surface area contributed by atoms with Crippen molar-refractivity contribution >= 4 is 0 Å². The molecule has 1 aromatic heterocycles. The van der Waals surface area contributed by atoms with Crippen molar-refractivity contribution in [3.63, 3.8) is 0 Å². The lowest BCUT2D eigenvalue weighted by Gasteiger charge is -2.31. The first-order chi connectivity index (χ1) is 8.99. The van der Waals surface area contributed by atoms with E-state index in [1.807, 2.05) is 0 Å². The molecule has 1 atom stereocenters. The fourth-order valence-electron chi connectivity index (χ4n) is 2.59. The largest absolute Gasteiger partial charge is 0.339 e. The van der Waals surface area contributed by atoms with Gasteiger partial charge in [-0.2, -0.15) is 4.98 Å². The van der Waals surface area contributed by atoms with Gasteiger partial charge in [0.15, 0.2) is 5.82 Å². The third kappa shape index (κ3) is 4.01. The Morgan fingerprint density at radius 3 is 2.84 bits per heavy atom. The van der Waals surface area contributed by atoms with Crippen molar-refractivity contribution in [1.29, 1.82) is 0 Å². The molecule has 0 bridgehead atoms. The van der Waals surface area contributed by atoms with Gasteiger partial charge < -0.3 is 10.3 Å². The van der Waals surface area contributed by atoms with E-state index in [-0.39, 0.29) is 5.41 Å². The molecule has 1 unspecified atom stereocenters. The Bertz CT molecular complexity index is 394. The maximum absolute atomic E-state index is 5.65. The molecule has 1 aliphatic rings. The highest BCUT2D eigenvalue weighted by atomic mass is 16.5. The van der Waals surface area contributed by atoms with Crippen LogP contribution in [0.15, 0.2) is 4.52 Å². The van der Waals surface area contributed by atoms with Gasteiger partial charge >= 0.3 is 0 Å². The molecule has 0 amide bonds. The Kier molecular flexibility index (Phi) is 4.58. The van der Waals surface area contributed by atoms with Crippen LogP contribution in [0.2, 0.25) is 0 Å². The van der Waals surface area contributed by atoms with Crippen LogP contribution in [0.1, 0.15) is 51.7 Å². The van der Waals surface area contributed by atoms with E-state index in [0.717, 1.165) is 50.2 Å². The highest BCUT2D eigenvalue weighted by molar-refractivity contribution is 4.98. The van der Waals surface area contributed by atoms with Crippen molar-refractivity contribution in [1.82, 2.24) is 15.0 Å². The van der Waals surface area contributed by atoms with Crippen molar-refractivity contribution in [3.8, 4) is 0 Å². The molecule has 19 heavy (non-hydrogen) atoms. The summed E-state index contributed by atoms with van der Waals surface area (Å²) in [6.07, 6.45) is 3.66. The minimum atomic E-state index is -0.0742. The SMILES string of the molecule is CC(C)(C)c1nc(CN2CCCC(CCN)C2)no1. The van der Waals surface area contributed by atoms with E-state index >= 15 is 0 Å². The normalized spacial score (nSPS) is 21.8. The molecule has 5 heteroatoms. The highest BCUT2D eigenvalue weighted by Crippen LogP contribution is 2.22. The molecule has 0 aliphatic carbocycles. The van der Waals surface area contributed by atoms with Crippen molar-refractivity contribution in [2.24, 2.45) is 11.7 Å². The lowest BCUT2D eigenvalue weighted by molar-refractivity contribution is 0.158. The number of likely N-dealkylation sites (tertiary alicyclic amines) is 1. The number of aromatic nitrogens is 2. The molecular weight excluding hydrogens is 240 g/mol. The summed E-state index contributed by atoms with van der Waals surface area (Å²) in [6.45, 7) is 10.1. The van der Waals surface area contributed by atoms with Crippen molar-refractivity contribution in [2.45, 2.75) is 52.0 Å². The lowest BCUT2D eigenvalue weighted by atomic mass is 9.95. The minimum absolute atomic E-state index is 0.0742. The molecule has 1 fully saturated rings. The van der Waals surface area contributed by atoms with Crippen LogP contribution in [-0.2, 0) is 12.0 Å². The van der Waals surface area contributed by atoms with Gasteiger partial charge in [-0.25, -0.2) is 0 Å². The molecule has 1 aliphatic heterocycles. The number of rotatable bonds is 4. The van der Waals surface area contributed by atoms with E-state index in [1.165, 1.54) is 12.8 Å². The molecule has 0 radical (unpaired) electrons. The number of nitrogens with two attached hydrogens (primary N) is 1. The van der Waals surface area contributed by atoms with Gasteiger partial charge in [0.05, 0.1) is 6.54 Å². The van der Waals surface area contributed by atoms with Crippen LogP contribution in [0, 0.1) is 5.92 Å². The van der Waals surface area contributed by atoms with E-state index in [2.05, 4.69) is 35.8 Å². The summed E-state index contributed by atoms with van der Waals surface area (Å²) in [5.41, 5.74) is 5.58. The predicted molar refractivity (Wildman–Crippen MR) is 74.7 cm³/mol. The zero-order valence-corrected chi connectivity index (χ0v) is 12.4. The summed E-state index contributed by atoms with van der Waals surface area (Å²) < 4.78 is 5.34. The Morgan fingerprint density at radius 1 is 1.42 bits per heavy atom. The first-order valence-electron chi connectivity index (χ1n) is 7.24. The molecule has 0 saturated carbocycles. The molecule has 5 nitrogen and oxygen atoms in total. The predicted octanol–water partition coefficient (Wildman–Crippen LogP) is 1.93. The molecule has 0 spiro atoms. The Labute approximate surface area is 115 Å². The third-order valence-electron chi connectivity index (χ3n) is 3.65. The second-order valence-electron chi connectivity index (χ2n) is 6.59. The summed E-state index contributed by atoms with van der Waals surface area (Å²) >= 11 is 0. The van der Waals surface area contributed by atoms with Crippen LogP contribution >= 0.6 is 0 Å². The van der Waals surface area contributed by atoms with Gasteiger partial charge in [0, 0.05) is 12.0 Å². The topological polar surface area (TPSA) is 68.2 Å². The Morgan fingerprint density at radius 2 is 2.21 bits per heavy atom. The average Bonchev–Trinajstić information content (AvgIpc) is 2.78. The second-order valence-corrected chi connectivity index (χ2v) is 6.59. The van der Waals surface area contributed by atoms with Gasteiger partial charge in [0.25, 0.3) is 0 Å². The van der Waals surface area contributed by atoms with Crippen molar-refractivity contribution < 1.29 is 4.52 Å². The van der Waals surface area contributed by atoms with Crippen LogP contribution in [0.25, 0.3) is 0 Å².